The van der Waals surface area contributed by atoms with Crippen LogP contribution in [0.4, 0.5) is 0 Å². The molecule has 0 saturated heterocycles. The van der Waals surface area contributed by atoms with Crippen molar-refractivity contribution in [2.24, 2.45) is 5.92 Å². The molecule has 0 spiro atoms. The van der Waals surface area contributed by atoms with Crippen molar-refractivity contribution in [1.82, 2.24) is 0 Å². The molecule has 2 atom stereocenters. The summed E-state index contributed by atoms with van der Waals surface area (Å²) in [4.78, 5) is 0. The minimum atomic E-state index is -0.622. The molecule has 1 N–H and O–H groups in total. The van der Waals surface area contributed by atoms with Gasteiger partial charge in [-0.1, -0.05) is 43.5 Å². The Morgan fingerprint density at radius 1 is 1.38 bits per heavy atom. The Balaban J connectivity index is 2.20. The van der Waals surface area contributed by atoms with Gasteiger partial charge in [-0.2, -0.15) is 0 Å². The number of benzene rings is 1. The SMILES string of the molecule is CCC1CCCC(O)(c2ccc(Cl)cc2)C1. The third kappa shape index (κ3) is 2.41. The molecule has 2 unspecified atom stereocenters. The van der Waals surface area contributed by atoms with Gasteiger partial charge in [-0.3, -0.25) is 0 Å². The first-order valence-electron chi connectivity index (χ1n) is 6.12. The van der Waals surface area contributed by atoms with Gasteiger partial charge in [-0.05, 0) is 42.9 Å². The van der Waals surface area contributed by atoms with Gasteiger partial charge in [0.2, 0.25) is 0 Å². The molecule has 0 aliphatic heterocycles. The third-order valence-electron chi connectivity index (χ3n) is 3.79. The number of aliphatic hydroxyl groups is 1. The van der Waals surface area contributed by atoms with Gasteiger partial charge < -0.3 is 5.11 Å². The highest BCUT2D eigenvalue weighted by Crippen LogP contribution is 2.41. The average molecular weight is 239 g/mol. The van der Waals surface area contributed by atoms with E-state index in [-0.39, 0.29) is 0 Å². The van der Waals surface area contributed by atoms with Crippen LogP contribution in [0.2, 0.25) is 5.02 Å². The largest absolute Gasteiger partial charge is 0.385 e. The highest BCUT2D eigenvalue weighted by Gasteiger charge is 2.34. The Morgan fingerprint density at radius 2 is 2.06 bits per heavy atom. The van der Waals surface area contributed by atoms with Crippen LogP contribution in [0.3, 0.4) is 0 Å². The van der Waals surface area contributed by atoms with E-state index in [1.165, 1.54) is 6.42 Å². The summed E-state index contributed by atoms with van der Waals surface area (Å²) in [6.07, 6.45) is 5.32. The first-order chi connectivity index (χ1) is 7.64. The molecule has 16 heavy (non-hydrogen) atoms. The lowest BCUT2D eigenvalue weighted by atomic mass is 9.74. The smallest absolute Gasteiger partial charge is 0.0899 e. The zero-order chi connectivity index (χ0) is 11.6. The second-order valence-corrected chi connectivity index (χ2v) is 5.35. The Bertz CT molecular complexity index is 346. The van der Waals surface area contributed by atoms with Crippen molar-refractivity contribution < 1.29 is 5.11 Å². The molecule has 1 aromatic carbocycles. The average Bonchev–Trinajstić information content (AvgIpc) is 2.29. The number of rotatable bonds is 2. The summed E-state index contributed by atoms with van der Waals surface area (Å²) in [5, 5.41) is 11.4. The molecule has 1 nitrogen and oxygen atoms in total. The van der Waals surface area contributed by atoms with E-state index in [2.05, 4.69) is 6.92 Å². The van der Waals surface area contributed by atoms with E-state index in [4.69, 9.17) is 11.6 Å². The first kappa shape index (κ1) is 11.9. The van der Waals surface area contributed by atoms with Gasteiger partial charge in [-0.15, -0.1) is 0 Å². The van der Waals surface area contributed by atoms with E-state index in [0.29, 0.717) is 5.92 Å². The van der Waals surface area contributed by atoms with Crippen LogP contribution in [0.25, 0.3) is 0 Å². The van der Waals surface area contributed by atoms with Crippen molar-refractivity contribution in [3.8, 4) is 0 Å². The Labute approximate surface area is 102 Å². The summed E-state index contributed by atoms with van der Waals surface area (Å²) in [6.45, 7) is 2.21. The molecule has 0 bridgehead atoms. The van der Waals surface area contributed by atoms with Crippen LogP contribution >= 0.6 is 11.6 Å². The van der Waals surface area contributed by atoms with Crippen LogP contribution in [0, 0.1) is 5.92 Å². The molecular weight excluding hydrogens is 220 g/mol. The maximum absolute atomic E-state index is 10.7. The van der Waals surface area contributed by atoms with Crippen molar-refractivity contribution in [3.05, 3.63) is 34.9 Å². The highest BCUT2D eigenvalue weighted by atomic mass is 35.5. The minimum Gasteiger partial charge on any atom is -0.385 e. The van der Waals surface area contributed by atoms with E-state index < -0.39 is 5.60 Å². The maximum Gasteiger partial charge on any atom is 0.0899 e. The highest BCUT2D eigenvalue weighted by molar-refractivity contribution is 6.30. The fourth-order valence-electron chi connectivity index (χ4n) is 2.74. The first-order valence-corrected chi connectivity index (χ1v) is 6.50. The van der Waals surface area contributed by atoms with Crippen molar-refractivity contribution in [2.75, 3.05) is 0 Å². The second-order valence-electron chi connectivity index (χ2n) is 4.91. The lowest BCUT2D eigenvalue weighted by molar-refractivity contribution is -0.0217. The van der Waals surface area contributed by atoms with Crippen molar-refractivity contribution in [2.45, 2.75) is 44.6 Å². The molecule has 1 aliphatic carbocycles. The fraction of sp³-hybridized carbons (Fsp3) is 0.571. The molecule has 88 valence electrons. The monoisotopic (exact) mass is 238 g/mol. The van der Waals surface area contributed by atoms with Gasteiger partial charge in [0.25, 0.3) is 0 Å². The normalized spacial score (nSPS) is 30.3. The van der Waals surface area contributed by atoms with Crippen LogP contribution in [0.1, 0.15) is 44.6 Å². The van der Waals surface area contributed by atoms with E-state index in [9.17, 15) is 5.11 Å². The van der Waals surface area contributed by atoms with Crippen LogP contribution in [-0.4, -0.2) is 5.11 Å². The summed E-state index contributed by atoms with van der Waals surface area (Å²) in [5.74, 6) is 0.662. The molecule has 0 radical (unpaired) electrons. The van der Waals surface area contributed by atoms with E-state index in [0.717, 1.165) is 36.3 Å². The number of halogens is 1. The minimum absolute atomic E-state index is 0.622. The zero-order valence-corrected chi connectivity index (χ0v) is 10.5. The molecule has 0 heterocycles. The van der Waals surface area contributed by atoms with Gasteiger partial charge in [0.1, 0.15) is 0 Å². The zero-order valence-electron chi connectivity index (χ0n) is 9.75. The topological polar surface area (TPSA) is 20.2 Å². The molecular formula is C14H19ClO. The number of hydrogen-bond acceptors (Lipinski definition) is 1. The molecule has 1 aromatic rings. The third-order valence-corrected chi connectivity index (χ3v) is 4.04. The summed E-state index contributed by atoms with van der Waals surface area (Å²) < 4.78 is 0. The van der Waals surface area contributed by atoms with E-state index >= 15 is 0 Å². The number of hydrogen-bond donors (Lipinski definition) is 1. The summed E-state index contributed by atoms with van der Waals surface area (Å²) in [5.41, 5.74) is 0.402. The van der Waals surface area contributed by atoms with Crippen LogP contribution in [0.15, 0.2) is 24.3 Å². The molecule has 1 saturated carbocycles. The lowest BCUT2D eigenvalue weighted by Crippen LogP contribution is -2.32. The second kappa shape index (κ2) is 4.77. The molecule has 1 aliphatic rings. The van der Waals surface area contributed by atoms with Gasteiger partial charge in [-0.25, -0.2) is 0 Å². The van der Waals surface area contributed by atoms with E-state index in [1.54, 1.807) is 0 Å². The predicted octanol–water partition coefficient (Wildman–Crippen LogP) is 4.13. The van der Waals surface area contributed by atoms with E-state index in [1.807, 2.05) is 24.3 Å². The summed E-state index contributed by atoms with van der Waals surface area (Å²) in [6, 6.07) is 7.65. The van der Waals surface area contributed by atoms with Crippen molar-refractivity contribution in [1.29, 1.82) is 0 Å². The Kier molecular flexibility index (Phi) is 3.56. The molecule has 2 heteroatoms. The van der Waals surface area contributed by atoms with Crippen LogP contribution < -0.4 is 0 Å². The van der Waals surface area contributed by atoms with Gasteiger partial charge >= 0.3 is 0 Å². The quantitative estimate of drug-likeness (QED) is 0.822. The van der Waals surface area contributed by atoms with Gasteiger partial charge in [0.15, 0.2) is 0 Å². The van der Waals surface area contributed by atoms with Gasteiger partial charge in [0.05, 0.1) is 5.60 Å². The van der Waals surface area contributed by atoms with Crippen molar-refractivity contribution >= 4 is 11.6 Å². The summed E-state index contributed by atoms with van der Waals surface area (Å²) in [7, 11) is 0. The van der Waals surface area contributed by atoms with Crippen LogP contribution in [-0.2, 0) is 5.60 Å². The van der Waals surface area contributed by atoms with Crippen LogP contribution in [0.5, 0.6) is 0 Å². The molecule has 2 rings (SSSR count). The Hall–Kier alpha value is -0.530. The molecule has 0 aromatic heterocycles. The molecule has 0 amide bonds. The Morgan fingerprint density at radius 3 is 2.69 bits per heavy atom. The van der Waals surface area contributed by atoms with Crippen molar-refractivity contribution in [3.63, 3.8) is 0 Å². The van der Waals surface area contributed by atoms with Gasteiger partial charge in [0, 0.05) is 5.02 Å². The molecule has 1 fully saturated rings. The lowest BCUT2D eigenvalue weighted by Gasteiger charge is -2.37. The fourth-order valence-corrected chi connectivity index (χ4v) is 2.86. The summed E-state index contributed by atoms with van der Waals surface area (Å²) >= 11 is 5.87. The predicted molar refractivity (Wildman–Crippen MR) is 67.6 cm³/mol. The maximum atomic E-state index is 10.7. The standard InChI is InChI=1S/C14H19ClO/c1-2-11-4-3-9-14(16,10-11)12-5-7-13(15)8-6-12/h5-8,11,16H,2-4,9-10H2,1H3.